The summed E-state index contributed by atoms with van der Waals surface area (Å²) >= 11 is 0. The first-order valence-electron chi connectivity index (χ1n) is 22.7. The van der Waals surface area contributed by atoms with Crippen molar-refractivity contribution in [3.8, 4) is 0 Å². The lowest BCUT2D eigenvalue weighted by Gasteiger charge is -2.59. The van der Waals surface area contributed by atoms with Crippen molar-refractivity contribution in [3.05, 3.63) is 47.3 Å². The first-order chi connectivity index (χ1) is 25.2. The van der Waals surface area contributed by atoms with Crippen molar-refractivity contribution >= 4 is 25.0 Å². The Labute approximate surface area is 344 Å². The van der Waals surface area contributed by atoms with Gasteiger partial charge in [-0.1, -0.05) is 119 Å². The lowest BCUT2D eigenvalue weighted by molar-refractivity contribution is -0.0409. The second-order valence-corrected chi connectivity index (χ2v) is 36.5. The topological polar surface area (TPSA) is 36.9 Å². The van der Waals surface area contributed by atoms with Gasteiger partial charge in [-0.3, -0.25) is 0 Å². The van der Waals surface area contributed by atoms with E-state index in [1.165, 1.54) is 36.5 Å². The van der Waals surface area contributed by atoms with Crippen LogP contribution >= 0.6 is 0 Å². The van der Waals surface area contributed by atoms with Crippen LogP contribution in [0.25, 0.3) is 0 Å². The van der Waals surface area contributed by atoms with Crippen LogP contribution in [-0.2, 0) is 18.0 Å². The van der Waals surface area contributed by atoms with Gasteiger partial charge in [0.05, 0.1) is 24.1 Å². The molecule has 2 unspecified atom stereocenters. The van der Waals surface area contributed by atoms with Crippen LogP contribution in [0.5, 0.6) is 0 Å². The highest BCUT2D eigenvalue weighted by Gasteiger charge is 2.60. The van der Waals surface area contributed by atoms with Crippen molar-refractivity contribution in [1.82, 2.24) is 0 Å². The molecule has 0 aromatic heterocycles. The molecule has 0 radical (unpaired) electrons. The summed E-state index contributed by atoms with van der Waals surface area (Å²) in [6.07, 6.45) is 20.8. The normalized spacial score (nSPS) is 29.7. The van der Waals surface area contributed by atoms with E-state index in [9.17, 15) is 0 Å². The summed E-state index contributed by atoms with van der Waals surface area (Å²) in [6.45, 7) is 45.4. The van der Waals surface area contributed by atoms with Crippen LogP contribution in [0.3, 0.4) is 0 Å². The van der Waals surface area contributed by atoms with Crippen LogP contribution in [0, 0.1) is 22.7 Å². The van der Waals surface area contributed by atoms with Crippen molar-refractivity contribution in [2.75, 3.05) is 0 Å². The minimum atomic E-state index is -2.06. The molecule has 0 saturated heterocycles. The lowest BCUT2D eigenvalue weighted by atomic mass is 9.49. The van der Waals surface area contributed by atoms with Crippen LogP contribution in [0.2, 0.25) is 54.4 Å². The number of fused-ring (bicyclic) bond motifs is 5. The Balaban J connectivity index is 1.60. The molecule has 4 rings (SSSR count). The van der Waals surface area contributed by atoms with Gasteiger partial charge in [0, 0.05) is 5.41 Å². The molecule has 316 valence electrons. The van der Waals surface area contributed by atoms with E-state index in [4.69, 9.17) is 18.0 Å². The maximum absolute atomic E-state index is 7.61. The Bertz CT molecular complexity index is 1460. The maximum atomic E-state index is 7.61. The van der Waals surface area contributed by atoms with Crippen molar-refractivity contribution < 1.29 is 18.0 Å². The monoisotopic (exact) mass is 813 g/mol. The lowest BCUT2D eigenvalue weighted by Crippen LogP contribution is -2.58. The minimum absolute atomic E-state index is 0.0212. The molecule has 0 amide bonds. The van der Waals surface area contributed by atoms with Gasteiger partial charge in [0.15, 0.2) is 25.0 Å². The molecule has 0 heterocycles. The molecule has 4 aliphatic carbocycles. The van der Waals surface area contributed by atoms with E-state index in [0.29, 0.717) is 11.8 Å². The molecule has 0 bridgehead atoms. The highest BCUT2D eigenvalue weighted by Crippen LogP contribution is 2.66. The SMILES string of the molecule is CCC(CC)(CC=COC(C)(C)C1=CC[C@H]2C3=CC=C4CC(O[Si](C)(C)C(C)(C)C)CC(O[Si](C)(C)C(C)(C)C)[C@]4(C)[C@H]3CC[C@]12C)O[Si](CC)(CC)CC. The van der Waals surface area contributed by atoms with E-state index in [1.54, 1.807) is 11.1 Å². The van der Waals surface area contributed by atoms with Crippen LogP contribution in [0.1, 0.15) is 155 Å². The number of rotatable bonds is 16. The average Bonchev–Trinajstić information content (AvgIpc) is 3.46. The summed E-state index contributed by atoms with van der Waals surface area (Å²) in [6, 6.07) is 3.56. The summed E-state index contributed by atoms with van der Waals surface area (Å²) in [7, 11) is -5.72. The molecule has 2 fully saturated rings. The zero-order valence-corrected chi connectivity index (χ0v) is 42.6. The molecule has 2 saturated carbocycles. The first-order valence-corrected chi connectivity index (χ1v) is 31.0. The Hall–Kier alpha value is -0.709. The van der Waals surface area contributed by atoms with Crippen LogP contribution < -0.4 is 0 Å². The van der Waals surface area contributed by atoms with E-state index in [-0.39, 0.29) is 44.3 Å². The molecule has 4 nitrogen and oxygen atoms in total. The van der Waals surface area contributed by atoms with Crippen LogP contribution in [0.15, 0.2) is 47.3 Å². The fourth-order valence-electron chi connectivity index (χ4n) is 10.6. The number of ether oxygens (including phenoxy) is 1. The second kappa shape index (κ2) is 16.4. The van der Waals surface area contributed by atoms with E-state index in [1.807, 2.05) is 6.26 Å². The molecule has 0 aromatic carbocycles. The van der Waals surface area contributed by atoms with Crippen molar-refractivity contribution in [2.45, 2.75) is 233 Å². The maximum Gasteiger partial charge on any atom is 0.192 e. The number of allylic oxidation sites excluding steroid dienone is 4. The van der Waals surface area contributed by atoms with Gasteiger partial charge >= 0.3 is 0 Å². The third-order valence-electron chi connectivity index (χ3n) is 16.9. The highest BCUT2D eigenvalue weighted by atomic mass is 28.4. The zero-order valence-electron chi connectivity index (χ0n) is 39.6. The number of hydrogen-bond donors (Lipinski definition) is 0. The Kier molecular flexibility index (Phi) is 14.0. The highest BCUT2D eigenvalue weighted by molar-refractivity contribution is 6.74. The average molecular weight is 813 g/mol. The van der Waals surface area contributed by atoms with E-state index < -0.39 is 25.0 Å². The second-order valence-electron chi connectivity index (χ2n) is 22.3. The fraction of sp³-hybridized carbons (Fsp3) is 0.833. The smallest absolute Gasteiger partial charge is 0.192 e. The van der Waals surface area contributed by atoms with Gasteiger partial charge in [-0.2, -0.15) is 0 Å². The molecule has 6 atom stereocenters. The summed E-state index contributed by atoms with van der Waals surface area (Å²) < 4.78 is 28.8. The summed E-state index contributed by atoms with van der Waals surface area (Å²) in [4.78, 5) is 0. The molecule has 7 heteroatoms. The minimum Gasteiger partial charge on any atom is -0.491 e. The largest absolute Gasteiger partial charge is 0.491 e. The predicted octanol–water partition coefficient (Wildman–Crippen LogP) is 15.1. The predicted molar refractivity (Wildman–Crippen MR) is 245 cm³/mol. The Morgan fingerprint density at radius 3 is 1.87 bits per heavy atom. The van der Waals surface area contributed by atoms with Gasteiger partial charge in [0.1, 0.15) is 5.60 Å². The Morgan fingerprint density at radius 2 is 1.35 bits per heavy atom. The molecule has 0 spiro atoms. The summed E-state index contributed by atoms with van der Waals surface area (Å²) in [5.74, 6) is 0.987. The van der Waals surface area contributed by atoms with Crippen LogP contribution in [-0.4, -0.2) is 48.4 Å². The molecule has 55 heavy (non-hydrogen) atoms. The Morgan fingerprint density at radius 1 is 0.782 bits per heavy atom. The molecule has 0 aromatic rings. The molecule has 0 aliphatic heterocycles. The third-order valence-corrected chi connectivity index (χ3v) is 30.7. The molecular formula is C48H88O4Si3. The third kappa shape index (κ3) is 8.93. The summed E-state index contributed by atoms with van der Waals surface area (Å²) in [5, 5.41) is 0.333. The number of hydrogen-bond acceptors (Lipinski definition) is 4. The molecule has 0 N–H and O–H groups in total. The van der Waals surface area contributed by atoms with Gasteiger partial charge in [-0.25, -0.2) is 0 Å². The first kappa shape index (κ1) is 47.0. The van der Waals surface area contributed by atoms with Gasteiger partial charge in [-0.05, 0) is 149 Å². The van der Waals surface area contributed by atoms with E-state index in [0.717, 1.165) is 38.5 Å². The van der Waals surface area contributed by atoms with Gasteiger partial charge < -0.3 is 18.0 Å². The van der Waals surface area contributed by atoms with Crippen molar-refractivity contribution in [2.24, 2.45) is 22.7 Å². The van der Waals surface area contributed by atoms with Gasteiger partial charge in [0.25, 0.3) is 0 Å². The van der Waals surface area contributed by atoms with E-state index >= 15 is 0 Å². The quantitative estimate of drug-likeness (QED) is 0.0884. The zero-order chi connectivity index (χ0) is 41.7. The van der Waals surface area contributed by atoms with Gasteiger partial charge in [-0.15, -0.1) is 0 Å². The standard InChI is InChI=1S/C48H88O4Si3/c1-20-48(21-2,52-55(22-3,23-4)24-5)31-25-33-49-45(12,13)41-29-28-39-38-27-26-36-34-37(50-53(16,17)43(6,7)8)35-42(51-54(18,19)44(9,10)11)47(36,15)40(38)30-32-46(39,41)14/h25-27,29,33,37,39-40,42H,20-24,28,30-32,34-35H2,1-19H3/t37?,39-,40-,42?,46-,47-/m0/s1. The fourth-order valence-corrected chi connectivity index (χ4v) is 16.6. The summed E-state index contributed by atoms with van der Waals surface area (Å²) in [5.41, 5.74) is 4.29. The van der Waals surface area contributed by atoms with Gasteiger partial charge in [0.2, 0.25) is 0 Å². The van der Waals surface area contributed by atoms with Crippen molar-refractivity contribution in [3.63, 3.8) is 0 Å². The van der Waals surface area contributed by atoms with Crippen LogP contribution in [0.4, 0.5) is 0 Å². The molecule has 4 aliphatic rings. The van der Waals surface area contributed by atoms with E-state index in [2.05, 4.69) is 154 Å². The van der Waals surface area contributed by atoms with Crippen molar-refractivity contribution in [1.29, 1.82) is 0 Å². The molecular weight excluding hydrogens is 725 g/mol.